The van der Waals surface area contributed by atoms with Gasteiger partial charge in [-0.25, -0.2) is 9.98 Å². The quantitative estimate of drug-likeness (QED) is 0.389. The van der Waals surface area contributed by atoms with Crippen molar-refractivity contribution in [3.05, 3.63) is 23.0 Å². The molecule has 2 aliphatic heterocycles. The molecule has 174 valence electrons. The zero-order valence-corrected chi connectivity index (χ0v) is 18.3. The molecule has 4 atom stereocenters. The Morgan fingerprint density at radius 2 is 2.06 bits per heavy atom. The van der Waals surface area contributed by atoms with Gasteiger partial charge in [0.1, 0.15) is 29.0 Å². The van der Waals surface area contributed by atoms with E-state index in [2.05, 4.69) is 15.3 Å². The SMILES string of the molecule is [2H]CC(=O)OC[C@H]1OC(n2cc3ccc(=S)nc4c3c2N=CN4)[C@](C)(OC(=O)C[2H])[C@@H]1OC(=O)C[2H]. The van der Waals surface area contributed by atoms with E-state index < -0.39 is 69.3 Å². The molecule has 0 aromatic carbocycles. The van der Waals surface area contributed by atoms with Gasteiger partial charge < -0.3 is 28.8 Å². The molecule has 2 aromatic heterocycles. The highest BCUT2D eigenvalue weighted by Crippen LogP contribution is 2.47. The van der Waals surface area contributed by atoms with Crippen LogP contribution < -0.4 is 5.32 Å². The number of anilines is 1. The van der Waals surface area contributed by atoms with Gasteiger partial charge in [-0.3, -0.25) is 14.4 Å². The topological polar surface area (TPSA) is 130 Å². The van der Waals surface area contributed by atoms with Gasteiger partial charge in [-0.2, -0.15) is 0 Å². The predicted octanol–water partition coefficient (Wildman–Crippen LogP) is 2.57. The van der Waals surface area contributed by atoms with Crippen LogP contribution in [0.1, 0.15) is 38.0 Å². The van der Waals surface area contributed by atoms with Crippen molar-refractivity contribution < 1.29 is 37.4 Å². The van der Waals surface area contributed by atoms with Crippen molar-refractivity contribution in [2.75, 3.05) is 11.9 Å². The minimum atomic E-state index is -1.72. The van der Waals surface area contributed by atoms with Crippen molar-refractivity contribution in [2.24, 2.45) is 4.99 Å². The third kappa shape index (κ3) is 4.18. The number of hydrogen-bond acceptors (Lipinski definition) is 11. The fourth-order valence-corrected chi connectivity index (χ4v) is 4.21. The number of esters is 3. The largest absolute Gasteiger partial charge is 0.463 e. The van der Waals surface area contributed by atoms with Gasteiger partial charge in [0.2, 0.25) is 0 Å². The van der Waals surface area contributed by atoms with Crippen molar-refractivity contribution in [3.63, 3.8) is 0 Å². The maximum Gasteiger partial charge on any atom is 0.303 e. The van der Waals surface area contributed by atoms with Crippen LogP contribution in [-0.4, -0.2) is 58.2 Å². The van der Waals surface area contributed by atoms with Crippen LogP contribution in [-0.2, 0) is 33.3 Å². The molecule has 2 aliphatic rings. The summed E-state index contributed by atoms with van der Waals surface area (Å²) in [5.41, 5.74) is -1.72. The number of aromatic nitrogens is 2. The smallest absolute Gasteiger partial charge is 0.303 e. The van der Waals surface area contributed by atoms with E-state index >= 15 is 0 Å². The summed E-state index contributed by atoms with van der Waals surface area (Å²) in [4.78, 5) is 44.9. The molecule has 0 radical (unpaired) electrons. The van der Waals surface area contributed by atoms with Crippen LogP contribution in [0.2, 0.25) is 0 Å². The average Bonchev–Trinajstić information content (AvgIpc) is 3.30. The van der Waals surface area contributed by atoms with E-state index in [-0.39, 0.29) is 0 Å². The van der Waals surface area contributed by atoms with E-state index in [9.17, 15) is 14.4 Å². The number of nitrogens with one attached hydrogen (secondary N) is 1. The molecular formula is C21H22N4O7S. The molecule has 1 fully saturated rings. The van der Waals surface area contributed by atoms with Crippen LogP contribution in [0.25, 0.3) is 10.8 Å². The first-order valence-electron chi connectivity index (χ1n) is 11.8. The van der Waals surface area contributed by atoms with E-state index in [0.29, 0.717) is 27.0 Å². The van der Waals surface area contributed by atoms with Gasteiger partial charge in [-0.15, -0.1) is 0 Å². The van der Waals surface area contributed by atoms with Gasteiger partial charge in [-0.05, 0) is 19.1 Å². The lowest BCUT2D eigenvalue weighted by molar-refractivity contribution is -0.184. The second-order valence-corrected chi connectivity index (χ2v) is 7.92. The monoisotopic (exact) mass is 477 g/mol. The molecule has 33 heavy (non-hydrogen) atoms. The molecule has 0 saturated carbocycles. The number of aliphatic imine (C=N–C) groups is 1. The fraction of sp³-hybridized carbons (Fsp3) is 0.429. The van der Waals surface area contributed by atoms with Gasteiger partial charge in [-0.1, -0.05) is 12.2 Å². The highest BCUT2D eigenvalue weighted by atomic mass is 32.1. The Morgan fingerprint density at radius 1 is 1.27 bits per heavy atom. The zero-order valence-electron chi connectivity index (χ0n) is 20.5. The van der Waals surface area contributed by atoms with Crippen LogP contribution in [0.3, 0.4) is 0 Å². The first kappa shape index (κ1) is 19.1. The van der Waals surface area contributed by atoms with Gasteiger partial charge >= 0.3 is 17.9 Å². The number of carbonyl (C=O) groups is 3. The number of nitrogens with zero attached hydrogens (tertiary/aromatic N) is 3. The highest BCUT2D eigenvalue weighted by molar-refractivity contribution is 7.71. The Bertz CT molecular complexity index is 1310. The van der Waals surface area contributed by atoms with Crippen LogP contribution in [0.5, 0.6) is 0 Å². The predicted molar refractivity (Wildman–Crippen MR) is 119 cm³/mol. The summed E-state index contributed by atoms with van der Waals surface area (Å²) in [5, 5.41) is 4.23. The second-order valence-electron chi connectivity index (χ2n) is 7.50. The Hall–Kier alpha value is -3.38. The normalized spacial score (nSPS) is 26.6. The van der Waals surface area contributed by atoms with Crippen molar-refractivity contribution >= 4 is 58.9 Å². The standard InChI is InChI=1S/C21H22N4O7S/c1-10(26)29-8-14-17(30-11(2)27)21(4,32-12(3)28)20(31-14)25-7-13-5-6-15(33)24-18-16(13)19(25)23-9-22-18/h5-7,9,14,17,20H,8H2,1-4H3,(H,22,23,24,33)/t14-,17-,20?,21-/m1/s1/i1D,2D,3D. The van der Waals surface area contributed by atoms with Gasteiger partial charge in [0, 0.05) is 36.4 Å². The third-order valence-corrected chi connectivity index (χ3v) is 5.46. The first-order chi connectivity index (χ1) is 17.2. The second kappa shape index (κ2) is 8.52. The molecule has 0 bridgehead atoms. The molecule has 1 unspecified atom stereocenters. The van der Waals surface area contributed by atoms with Crippen molar-refractivity contribution in [3.8, 4) is 0 Å². The van der Waals surface area contributed by atoms with Crippen LogP contribution in [0.4, 0.5) is 11.6 Å². The number of carbonyl (C=O) groups excluding carboxylic acids is 3. The minimum Gasteiger partial charge on any atom is -0.463 e. The Labute approximate surface area is 197 Å². The summed E-state index contributed by atoms with van der Waals surface area (Å²) in [5.74, 6) is -1.85. The first-order valence-corrected chi connectivity index (χ1v) is 10.1. The molecule has 0 aliphatic carbocycles. The molecule has 11 nitrogen and oxygen atoms in total. The van der Waals surface area contributed by atoms with Crippen molar-refractivity contribution in [2.45, 2.75) is 51.7 Å². The average molecular weight is 478 g/mol. The molecular weight excluding hydrogens is 452 g/mol. The molecule has 1 N–H and O–H groups in total. The maximum atomic E-state index is 12.3. The number of hydrogen-bond donors (Lipinski definition) is 1. The van der Waals surface area contributed by atoms with Crippen LogP contribution >= 0.6 is 12.2 Å². The number of rotatable bonds is 5. The van der Waals surface area contributed by atoms with E-state index in [4.69, 9.17) is 35.3 Å². The third-order valence-electron chi connectivity index (χ3n) is 5.24. The van der Waals surface area contributed by atoms with Crippen molar-refractivity contribution in [1.82, 2.24) is 9.55 Å². The van der Waals surface area contributed by atoms with E-state index in [1.165, 1.54) is 13.3 Å². The minimum absolute atomic E-state index is 0.353. The molecule has 4 heterocycles. The maximum absolute atomic E-state index is 12.3. The molecule has 0 spiro atoms. The summed E-state index contributed by atoms with van der Waals surface area (Å²) < 4.78 is 46.2. The fourth-order valence-electron chi connectivity index (χ4n) is 4.05. The van der Waals surface area contributed by atoms with Gasteiger partial charge in [0.15, 0.2) is 17.9 Å². The zero-order chi connectivity index (χ0) is 26.0. The summed E-state index contributed by atoms with van der Waals surface area (Å²) >= 11 is 5.21. The van der Waals surface area contributed by atoms with Crippen molar-refractivity contribution in [1.29, 1.82) is 0 Å². The van der Waals surface area contributed by atoms with E-state index in [1.54, 1.807) is 22.9 Å². The summed E-state index contributed by atoms with van der Waals surface area (Å²) in [6.45, 7) is -1.02. The summed E-state index contributed by atoms with van der Waals surface area (Å²) in [6, 6.07) is 3.38. The lowest BCUT2D eigenvalue weighted by atomic mass is 9.95. The lowest BCUT2D eigenvalue weighted by Gasteiger charge is -2.34. The summed E-state index contributed by atoms with van der Waals surface area (Å²) in [7, 11) is 0. The van der Waals surface area contributed by atoms with Gasteiger partial charge in [0.05, 0.1) is 11.7 Å². The Balaban J connectivity index is 1.86. The van der Waals surface area contributed by atoms with Crippen LogP contribution in [0.15, 0.2) is 23.3 Å². The Morgan fingerprint density at radius 3 is 2.82 bits per heavy atom. The highest BCUT2D eigenvalue weighted by Gasteiger charge is 2.60. The molecule has 0 amide bonds. The molecule has 1 saturated heterocycles. The molecule has 4 rings (SSSR count). The Kier molecular flexibility index (Phi) is 4.94. The summed E-state index contributed by atoms with van der Waals surface area (Å²) in [6.07, 6.45) is -0.516. The van der Waals surface area contributed by atoms with E-state index in [0.717, 1.165) is 0 Å². The molecule has 2 aromatic rings. The number of ether oxygens (including phenoxy) is 4. The lowest BCUT2D eigenvalue weighted by Crippen LogP contribution is -2.50. The molecule has 12 heteroatoms. The van der Waals surface area contributed by atoms with Gasteiger partial charge in [0.25, 0.3) is 0 Å². The van der Waals surface area contributed by atoms with Crippen LogP contribution in [0, 0.1) is 4.64 Å². The van der Waals surface area contributed by atoms with E-state index in [1.807, 2.05) is 0 Å².